The van der Waals surface area contributed by atoms with Crippen LogP contribution in [0.5, 0.6) is 0 Å². The summed E-state index contributed by atoms with van der Waals surface area (Å²) < 4.78 is 27.7. The quantitative estimate of drug-likeness (QED) is 0.651. The number of aryl methyl sites for hydroxylation is 1. The van der Waals surface area contributed by atoms with Gasteiger partial charge in [0.2, 0.25) is 15.9 Å². The summed E-state index contributed by atoms with van der Waals surface area (Å²) >= 11 is 0. The number of hydrogen-bond acceptors (Lipinski definition) is 3. The van der Waals surface area contributed by atoms with E-state index in [0.717, 1.165) is 11.1 Å². The van der Waals surface area contributed by atoms with Crippen LogP contribution in [0, 0.1) is 0 Å². The third-order valence-electron chi connectivity index (χ3n) is 4.48. The number of aromatic nitrogens is 1. The molecule has 2 aromatic carbocycles. The third-order valence-corrected chi connectivity index (χ3v) is 5.91. The Labute approximate surface area is 170 Å². The average molecular weight is 410 g/mol. The Morgan fingerprint density at radius 1 is 0.931 bits per heavy atom. The lowest BCUT2D eigenvalue weighted by atomic mass is 10.1. The number of nitrogens with one attached hydrogen (secondary N) is 1. The Bertz CT molecular complexity index is 1140. The van der Waals surface area contributed by atoms with Gasteiger partial charge in [-0.15, -0.1) is 0 Å². The number of carbonyl (C=O) groups is 1. The van der Waals surface area contributed by atoms with Gasteiger partial charge in [0.05, 0.1) is 4.90 Å². The molecule has 3 rings (SSSR count). The molecule has 0 aliphatic carbocycles. The molecule has 1 aromatic heterocycles. The highest BCUT2D eigenvalue weighted by atomic mass is 32.2. The number of nitrogens with zero attached hydrogens (tertiary/aromatic N) is 2. The van der Waals surface area contributed by atoms with E-state index in [-0.39, 0.29) is 17.2 Å². The lowest BCUT2D eigenvalue weighted by Crippen LogP contribution is -2.22. The summed E-state index contributed by atoms with van der Waals surface area (Å²) in [6.45, 7) is 0.634. The monoisotopic (exact) mass is 409 g/mol. The van der Waals surface area contributed by atoms with Gasteiger partial charge in [0, 0.05) is 19.2 Å². The molecule has 1 amide bonds. The molecular weight excluding hydrogens is 386 g/mol. The Kier molecular flexibility index (Phi) is 6.74. The van der Waals surface area contributed by atoms with Crippen LogP contribution in [-0.2, 0) is 27.8 Å². The molecule has 7 heteroatoms. The first-order valence-corrected chi connectivity index (χ1v) is 10.8. The van der Waals surface area contributed by atoms with Crippen molar-refractivity contribution in [3.63, 3.8) is 0 Å². The SMILES string of the molecule is CNS(=O)(=O)c1ccc(CCC(=O)N=c2ccccn2Cc2ccccc2)cc1. The molecule has 6 nitrogen and oxygen atoms in total. The summed E-state index contributed by atoms with van der Waals surface area (Å²) in [5.74, 6) is -0.218. The fourth-order valence-electron chi connectivity index (χ4n) is 2.87. The molecule has 0 aliphatic rings. The summed E-state index contributed by atoms with van der Waals surface area (Å²) in [5, 5.41) is 0. The van der Waals surface area contributed by atoms with E-state index in [1.165, 1.54) is 19.2 Å². The molecule has 29 heavy (non-hydrogen) atoms. The van der Waals surface area contributed by atoms with E-state index in [2.05, 4.69) is 9.71 Å². The van der Waals surface area contributed by atoms with Gasteiger partial charge in [-0.05, 0) is 48.9 Å². The second-order valence-corrected chi connectivity index (χ2v) is 8.42. The Hall–Kier alpha value is -3.03. The van der Waals surface area contributed by atoms with Crippen molar-refractivity contribution in [2.45, 2.75) is 24.3 Å². The van der Waals surface area contributed by atoms with Crippen molar-refractivity contribution in [2.75, 3.05) is 7.05 Å². The standard InChI is InChI=1S/C22H23N3O3S/c1-23-29(27,28)20-13-10-18(11-14-20)12-15-22(26)24-21-9-5-6-16-25(21)17-19-7-3-2-4-8-19/h2-11,13-14,16,23H,12,15,17H2,1H3. The highest BCUT2D eigenvalue weighted by Crippen LogP contribution is 2.11. The predicted molar refractivity (Wildman–Crippen MR) is 112 cm³/mol. The zero-order valence-corrected chi connectivity index (χ0v) is 17.0. The van der Waals surface area contributed by atoms with Crippen LogP contribution in [0.1, 0.15) is 17.5 Å². The lowest BCUT2D eigenvalue weighted by Gasteiger charge is -2.07. The van der Waals surface area contributed by atoms with Crippen molar-refractivity contribution in [3.05, 3.63) is 95.6 Å². The van der Waals surface area contributed by atoms with E-state index in [1.807, 2.05) is 59.3 Å². The zero-order chi connectivity index (χ0) is 20.7. The van der Waals surface area contributed by atoms with Gasteiger partial charge in [-0.3, -0.25) is 4.79 Å². The predicted octanol–water partition coefficient (Wildman–Crippen LogP) is 2.50. The first-order chi connectivity index (χ1) is 14.0. The number of benzene rings is 2. The fourth-order valence-corrected chi connectivity index (χ4v) is 3.60. The normalized spacial score (nSPS) is 12.1. The van der Waals surface area contributed by atoms with Crippen LogP contribution in [0.15, 0.2) is 88.9 Å². The highest BCUT2D eigenvalue weighted by molar-refractivity contribution is 7.89. The molecule has 0 bridgehead atoms. The van der Waals surface area contributed by atoms with Gasteiger partial charge < -0.3 is 4.57 Å². The van der Waals surface area contributed by atoms with Crippen LogP contribution in [0.3, 0.4) is 0 Å². The molecule has 0 saturated heterocycles. The second kappa shape index (κ2) is 9.45. The van der Waals surface area contributed by atoms with E-state index in [0.29, 0.717) is 18.5 Å². The molecule has 3 aromatic rings. The van der Waals surface area contributed by atoms with Gasteiger partial charge in [-0.25, -0.2) is 13.1 Å². The number of sulfonamides is 1. The molecule has 0 unspecified atom stereocenters. The van der Waals surface area contributed by atoms with Crippen molar-refractivity contribution >= 4 is 15.9 Å². The molecule has 0 spiro atoms. The van der Waals surface area contributed by atoms with Crippen LogP contribution in [0.2, 0.25) is 0 Å². The number of hydrogen-bond donors (Lipinski definition) is 1. The first kappa shape index (κ1) is 20.7. The Morgan fingerprint density at radius 2 is 1.62 bits per heavy atom. The van der Waals surface area contributed by atoms with Crippen LogP contribution in [0.25, 0.3) is 0 Å². The smallest absolute Gasteiger partial charge is 0.247 e. The average Bonchev–Trinajstić information content (AvgIpc) is 2.75. The summed E-state index contributed by atoms with van der Waals surface area (Å²) in [6, 6.07) is 22.1. The largest absolute Gasteiger partial charge is 0.329 e. The molecule has 1 heterocycles. The van der Waals surface area contributed by atoms with E-state index in [4.69, 9.17) is 0 Å². The van der Waals surface area contributed by atoms with Gasteiger partial charge in [-0.2, -0.15) is 4.99 Å². The summed E-state index contributed by atoms with van der Waals surface area (Å²) in [6.07, 6.45) is 2.64. The number of amides is 1. The van der Waals surface area contributed by atoms with Crippen molar-refractivity contribution in [1.82, 2.24) is 9.29 Å². The molecule has 0 aliphatic heterocycles. The fraction of sp³-hybridized carbons (Fsp3) is 0.182. The second-order valence-electron chi connectivity index (χ2n) is 6.53. The van der Waals surface area contributed by atoms with E-state index >= 15 is 0 Å². The van der Waals surface area contributed by atoms with Gasteiger partial charge in [0.25, 0.3) is 0 Å². The van der Waals surface area contributed by atoms with Crippen molar-refractivity contribution in [1.29, 1.82) is 0 Å². The Balaban J connectivity index is 1.68. The minimum Gasteiger partial charge on any atom is -0.329 e. The third kappa shape index (κ3) is 5.73. The van der Waals surface area contributed by atoms with Gasteiger partial charge in [-0.1, -0.05) is 48.5 Å². The molecule has 0 radical (unpaired) electrons. The lowest BCUT2D eigenvalue weighted by molar-refractivity contribution is -0.118. The number of pyridine rings is 1. The molecule has 0 atom stereocenters. The molecular formula is C22H23N3O3S. The maximum atomic E-state index is 12.4. The van der Waals surface area contributed by atoms with E-state index < -0.39 is 10.0 Å². The molecule has 0 saturated carbocycles. The topological polar surface area (TPSA) is 80.5 Å². The van der Waals surface area contributed by atoms with E-state index in [9.17, 15) is 13.2 Å². The summed E-state index contributed by atoms with van der Waals surface area (Å²) in [4.78, 5) is 16.8. The summed E-state index contributed by atoms with van der Waals surface area (Å²) in [7, 11) is -2.08. The van der Waals surface area contributed by atoms with Crippen LogP contribution >= 0.6 is 0 Å². The minimum atomic E-state index is -3.46. The molecule has 1 N–H and O–H groups in total. The Morgan fingerprint density at radius 3 is 2.31 bits per heavy atom. The van der Waals surface area contributed by atoms with Gasteiger partial charge in [0.15, 0.2) is 0 Å². The number of rotatable bonds is 7. The molecule has 150 valence electrons. The zero-order valence-electron chi connectivity index (χ0n) is 16.2. The van der Waals surface area contributed by atoms with Crippen molar-refractivity contribution < 1.29 is 13.2 Å². The van der Waals surface area contributed by atoms with Gasteiger partial charge >= 0.3 is 0 Å². The van der Waals surface area contributed by atoms with Crippen molar-refractivity contribution in [2.24, 2.45) is 4.99 Å². The van der Waals surface area contributed by atoms with Crippen molar-refractivity contribution in [3.8, 4) is 0 Å². The maximum absolute atomic E-state index is 12.4. The van der Waals surface area contributed by atoms with Crippen LogP contribution in [-0.4, -0.2) is 25.9 Å². The van der Waals surface area contributed by atoms with Crippen LogP contribution < -0.4 is 10.2 Å². The molecule has 0 fully saturated rings. The first-order valence-electron chi connectivity index (χ1n) is 9.27. The highest BCUT2D eigenvalue weighted by Gasteiger charge is 2.10. The summed E-state index contributed by atoms with van der Waals surface area (Å²) in [5.41, 5.74) is 2.62. The number of carbonyl (C=O) groups excluding carboxylic acids is 1. The van der Waals surface area contributed by atoms with E-state index in [1.54, 1.807) is 12.1 Å². The van der Waals surface area contributed by atoms with Gasteiger partial charge in [0.1, 0.15) is 5.49 Å². The maximum Gasteiger partial charge on any atom is 0.247 e. The minimum absolute atomic E-state index is 0.200. The van der Waals surface area contributed by atoms with Crippen LogP contribution in [0.4, 0.5) is 0 Å².